The van der Waals surface area contributed by atoms with Gasteiger partial charge in [-0.1, -0.05) is 29.7 Å². The summed E-state index contributed by atoms with van der Waals surface area (Å²) in [7, 11) is 0. The van der Waals surface area contributed by atoms with Crippen molar-refractivity contribution in [1.82, 2.24) is 10.1 Å². The molecule has 1 aromatic carbocycles. The first-order valence-corrected chi connectivity index (χ1v) is 6.03. The van der Waals surface area contributed by atoms with E-state index in [-0.39, 0.29) is 6.61 Å². The summed E-state index contributed by atoms with van der Waals surface area (Å²) in [6.45, 7) is 2.61. The molecule has 0 saturated heterocycles. The fourth-order valence-corrected chi connectivity index (χ4v) is 1.68. The maximum atomic E-state index is 6.06. The Labute approximate surface area is 110 Å². The number of hydrogen-bond donors (Lipinski definition) is 1. The zero-order chi connectivity index (χ0) is 13.0. The molecule has 0 fully saturated rings. The van der Waals surface area contributed by atoms with Crippen LogP contribution in [0.5, 0.6) is 5.75 Å². The van der Waals surface area contributed by atoms with Gasteiger partial charge in [0.05, 0.1) is 5.02 Å². The third-order valence-electron chi connectivity index (χ3n) is 2.41. The van der Waals surface area contributed by atoms with Crippen molar-refractivity contribution in [2.75, 3.05) is 0 Å². The van der Waals surface area contributed by atoms with E-state index in [1.165, 1.54) is 0 Å². The molecule has 0 atom stereocenters. The van der Waals surface area contributed by atoms with Crippen molar-refractivity contribution in [3.8, 4) is 5.75 Å². The summed E-state index contributed by atoms with van der Waals surface area (Å²) in [5, 5.41) is 4.30. The van der Waals surface area contributed by atoms with Crippen LogP contribution in [0.25, 0.3) is 0 Å². The Bertz CT molecular complexity index is 528. The lowest BCUT2D eigenvalue weighted by atomic mass is 10.2. The number of benzene rings is 1. The molecular formula is C12H14ClN3O2. The summed E-state index contributed by atoms with van der Waals surface area (Å²) in [5.74, 6) is 1.68. The topological polar surface area (TPSA) is 74.2 Å². The second-order valence-corrected chi connectivity index (χ2v) is 4.12. The predicted molar refractivity (Wildman–Crippen MR) is 67.4 cm³/mol. The van der Waals surface area contributed by atoms with Gasteiger partial charge in [0.15, 0.2) is 12.4 Å². The number of halogens is 1. The van der Waals surface area contributed by atoms with Crippen molar-refractivity contribution in [2.24, 2.45) is 5.73 Å². The van der Waals surface area contributed by atoms with Crippen LogP contribution in [0.3, 0.4) is 0 Å². The first-order chi connectivity index (χ1) is 8.72. The smallest absolute Gasteiger partial charge is 0.264 e. The molecule has 0 aliphatic rings. The third kappa shape index (κ3) is 3.00. The van der Waals surface area contributed by atoms with Gasteiger partial charge in [0.1, 0.15) is 5.75 Å². The number of aromatic nitrogens is 2. The molecule has 18 heavy (non-hydrogen) atoms. The first kappa shape index (κ1) is 12.9. The minimum absolute atomic E-state index is 0.203. The largest absolute Gasteiger partial charge is 0.482 e. The summed E-state index contributed by atoms with van der Waals surface area (Å²) in [6.07, 6.45) is 0.732. The summed E-state index contributed by atoms with van der Waals surface area (Å²) in [4.78, 5) is 4.14. The second-order valence-electron chi connectivity index (χ2n) is 3.72. The molecule has 5 nitrogen and oxygen atoms in total. The van der Waals surface area contributed by atoms with E-state index in [0.717, 1.165) is 12.0 Å². The van der Waals surface area contributed by atoms with E-state index in [1.54, 1.807) is 12.1 Å². The van der Waals surface area contributed by atoms with E-state index in [4.69, 9.17) is 26.6 Å². The Morgan fingerprint density at radius 3 is 2.89 bits per heavy atom. The van der Waals surface area contributed by atoms with Crippen LogP contribution < -0.4 is 10.5 Å². The van der Waals surface area contributed by atoms with Crippen molar-refractivity contribution in [3.05, 3.63) is 40.5 Å². The standard InChI is InChI=1S/C12H14ClN3O2/c1-2-11-15-12(18-16-11)7-17-10-4-3-8(6-14)5-9(10)13/h3-5H,2,6-7,14H2,1H3. The molecule has 0 amide bonds. The Morgan fingerprint density at radius 2 is 2.28 bits per heavy atom. The zero-order valence-corrected chi connectivity index (χ0v) is 10.8. The van der Waals surface area contributed by atoms with Gasteiger partial charge in [-0.05, 0) is 17.7 Å². The quantitative estimate of drug-likeness (QED) is 0.900. The molecule has 2 N–H and O–H groups in total. The molecule has 2 rings (SSSR count). The molecule has 6 heteroatoms. The third-order valence-corrected chi connectivity index (χ3v) is 2.70. The number of nitrogens with two attached hydrogens (primary N) is 1. The monoisotopic (exact) mass is 267 g/mol. The van der Waals surface area contributed by atoms with E-state index in [2.05, 4.69) is 10.1 Å². The Balaban J connectivity index is 2.01. The van der Waals surface area contributed by atoms with Crippen LogP contribution in [-0.2, 0) is 19.6 Å². The van der Waals surface area contributed by atoms with Gasteiger partial charge in [-0.15, -0.1) is 0 Å². The van der Waals surface area contributed by atoms with Crippen molar-refractivity contribution in [1.29, 1.82) is 0 Å². The average molecular weight is 268 g/mol. The summed E-state index contributed by atoms with van der Waals surface area (Å²) in [5.41, 5.74) is 6.48. The van der Waals surface area contributed by atoms with Crippen LogP contribution in [0.1, 0.15) is 24.2 Å². The van der Waals surface area contributed by atoms with Crippen LogP contribution in [0, 0.1) is 0 Å². The van der Waals surface area contributed by atoms with Crippen LogP contribution in [0.15, 0.2) is 22.7 Å². The lowest BCUT2D eigenvalue weighted by Crippen LogP contribution is -1.99. The molecule has 0 aliphatic carbocycles. The van der Waals surface area contributed by atoms with Gasteiger partial charge in [-0.3, -0.25) is 0 Å². The first-order valence-electron chi connectivity index (χ1n) is 5.65. The van der Waals surface area contributed by atoms with Crippen LogP contribution in [0.4, 0.5) is 0 Å². The van der Waals surface area contributed by atoms with Gasteiger partial charge in [0.2, 0.25) is 0 Å². The molecule has 0 unspecified atom stereocenters. The highest BCUT2D eigenvalue weighted by atomic mass is 35.5. The molecule has 2 aromatic rings. The van der Waals surface area contributed by atoms with Crippen molar-refractivity contribution in [3.63, 3.8) is 0 Å². The molecule has 1 aromatic heterocycles. The molecule has 0 spiro atoms. The van der Waals surface area contributed by atoms with E-state index in [9.17, 15) is 0 Å². The van der Waals surface area contributed by atoms with Gasteiger partial charge in [0, 0.05) is 13.0 Å². The van der Waals surface area contributed by atoms with Crippen LogP contribution in [0.2, 0.25) is 5.02 Å². The zero-order valence-electron chi connectivity index (χ0n) is 10.0. The molecule has 0 saturated carbocycles. The number of aryl methyl sites for hydroxylation is 1. The van der Waals surface area contributed by atoms with E-state index < -0.39 is 0 Å². The lowest BCUT2D eigenvalue weighted by molar-refractivity contribution is 0.242. The van der Waals surface area contributed by atoms with Crippen molar-refractivity contribution < 1.29 is 9.26 Å². The van der Waals surface area contributed by atoms with Crippen molar-refractivity contribution in [2.45, 2.75) is 26.5 Å². The van der Waals surface area contributed by atoms with Gasteiger partial charge in [-0.25, -0.2) is 0 Å². The fraction of sp³-hybridized carbons (Fsp3) is 0.333. The summed E-state index contributed by atoms with van der Waals surface area (Å²) < 4.78 is 10.5. The van der Waals surface area contributed by atoms with Gasteiger partial charge in [0.25, 0.3) is 5.89 Å². The Hall–Kier alpha value is -1.59. The number of nitrogens with zero attached hydrogens (tertiary/aromatic N) is 2. The number of ether oxygens (including phenoxy) is 1. The SMILES string of the molecule is CCc1noc(COc2ccc(CN)cc2Cl)n1. The molecule has 0 radical (unpaired) electrons. The fourth-order valence-electron chi connectivity index (χ4n) is 1.42. The highest BCUT2D eigenvalue weighted by Crippen LogP contribution is 2.26. The summed E-state index contributed by atoms with van der Waals surface area (Å²) >= 11 is 6.06. The molecular weight excluding hydrogens is 254 g/mol. The van der Waals surface area contributed by atoms with Gasteiger partial charge in [-0.2, -0.15) is 4.98 Å². The maximum absolute atomic E-state index is 6.06. The molecule has 1 heterocycles. The molecule has 0 bridgehead atoms. The predicted octanol–water partition coefficient (Wildman–Crippen LogP) is 2.32. The van der Waals surface area contributed by atoms with Crippen LogP contribution >= 0.6 is 11.6 Å². The Morgan fingerprint density at radius 1 is 1.44 bits per heavy atom. The highest BCUT2D eigenvalue weighted by Gasteiger charge is 2.07. The van der Waals surface area contributed by atoms with Gasteiger partial charge < -0.3 is 15.0 Å². The van der Waals surface area contributed by atoms with E-state index in [0.29, 0.717) is 29.0 Å². The lowest BCUT2D eigenvalue weighted by Gasteiger charge is -2.06. The van der Waals surface area contributed by atoms with Crippen molar-refractivity contribution >= 4 is 11.6 Å². The number of rotatable bonds is 5. The minimum atomic E-state index is 0.203. The highest BCUT2D eigenvalue weighted by molar-refractivity contribution is 6.32. The maximum Gasteiger partial charge on any atom is 0.264 e. The van der Waals surface area contributed by atoms with Crippen LogP contribution in [-0.4, -0.2) is 10.1 Å². The van der Waals surface area contributed by atoms with E-state index >= 15 is 0 Å². The van der Waals surface area contributed by atoms with Gasteiger partial charge >= 0.3 is 0 Å². The second kappa shape index (κ2) is 5.84. The normalized spacial score (nSPS) is 10.6. The molecule has 96 valence electrons. The van der Waals surface area contributed by atoms with E-state index in [1.807, 2.05) is 13.0 Å². The summed E-state index contributed by atoms with van der Waals surface area (Å²) in [6, 6.07) is 5.43. The number of hydrogen-bond acceptors (Lipinski definition) is 5. The Kier molecular flexibility index (Phi) is 4.17. The molecule has 0 aliphatic heterocycles. The average Bonchev–Trinajstić information content (AvgIpc) is 2.85. The minimum Gasteiger partial charge on any atom is -0.482 e.